The van der Waals surface area contributed by atoms with Crippen LogP contribution in [0.15, 0.2) is 54.9 Å². The Morgan fingerprint density at radius 1 is 1.23 bits per heavy atom. The molecule has 0 aliphatic rings. The summed E-state index contributed by atoms with van der Waals surface area (Å²) in [7, 11) is 0. The highest BCUT2D eigenvalue weighted by Gasteiger charge is 2.22. The number of amides is 1. The molecule has 0 bridgehead atoms. The van der Waals surface area contributed by atoms with E-state index >= 15 is 0 Å². The molecule has 0 aliphatic carbocycles. The summed E-state index contributed by atoms with van der Waals surface area (Å²) in [4.78, 5) is 23.0. The Hall–Kier alpha value is -3.23. The van der Waals surface area contributed by atoms with Gasteiger partial charge in [0.2, 0.25) is 0 Å². The molecule has 3 heterocycles. The third-order valence-corrected chi connectivity index (χ3v) is 5.60. The van der Waals surface area contributed by atoms with Crippen molar-refractivity contribution < 1.29 is 14.6 Å². The van der Waals surface area contributed by atoms with Gasteiger partial charge in [-0.05, 0) is 31.5 Å². The zero-order valence-corrected chi connectivity index (χ0v) is 17.5. The van der Waals surface area contributed by atoms with Gasteiger partial charge >= 0.3 is 0 Å². The number of pyridine rings is 1. The van der Waals surface area contributed by atoms with Crippen molar-refractivity contribution in [2.24, 2.45) is 0 Å². The SMILES string of the molecule is Cc1cnc(COc2cccn3c(C(=O)N[C@@H](CO)c4ccccc4)c(C)nc23)s1. The molecule has 0 radical (unpaired) electrons. The van der Waals surface area contributed by atoms with Gasteiger partial charge in [0.15, 0.2) is 11.4 Å². The van der Waals surface area contributed by atoms with Gasteiger partial charge in [0.05, 0.1) is 18.3 Å². The van der Waals surface area contributed by atoms with E-state index in [-0.39, 0.29) is 12.5 Å². The molecule has 4 rings (SSSR count). The van der Waals surface area contributed by atoms with Crippen LogP contribution in [0.25, 0.3) is 5.65 Å². The first-order valence-electron chi connectivity index (χ1n) is 9.55. The molecule has 1 aromatic carbocycles. The Kier molecular flexibility index (Phi) is 5.78. The fourth-order valence-corrected chi connectivity index (χ4v) is 4.00. The standard InChI is InChI=1S/C22H22N4O3S/c1-14-11-23-19(30-14)13-29-18-9-6-10-26-20(15(2)24-21(18)26)22(28)25-17(12-27)16-7-4-3-5-8-16/h3-11,17,27H,12-13H2,1-2H3,(H,25,28)/t17-/m0/s1. The molecule has 0 unspecified atom stereocenters. The van der Waals surface area contributed by atoms with Crippen LogP contribution in [0.4, 0.5) is 0 Å². The molecule has 2 N–H and O–H groups in total. The fraction of sp³-hybridized carbons (Fsp3) is 0.227. The van der Waals surface area contributed by atoms with E-state index in [0.29, 0.717) is 29.4 Å². The molecule has 1 amide bonds. The Balaban J connectivity index is 1.59. The van der Waals surface area contributed by atoms with Gasteiger partial charge in [-0.15, -0.1) is 11.3 Å². The van der Waals surface area contributed by atoms with Crippen LogP contribution in [0.2, 0.25) is 0 Å². The number of benzene rings is 1. The Morgan fingerprint density at radius 2 is 2.03 bits per heavy atom. The van der Waals surface area contributed by atoms with Crippen molar-refractivity contribution >= 4 is 22.9 Å². The summed E-state index contributed by atoms with van der Waals surface area (Å²) in [6.07, 6.45) is 3.59. The molecule has 0 spiro atoms. The van der Waals surface area contributed by atoms with Crippen LogP contribution in [0.3, 0.4) is 0 Å². The first-order valence-corrected chi connectivity index (χ1v) is 10.4. The van der Waals surface area contributed by atoms with Gasteiger partial charge in [0.25, 0.3) is 5.91 Å². The number of aryl methyl sites for hydroxylation is 2. The third-order valence-electron chi connectivity index (χ3n) is 4.71. The lowest BCUT2D eigenvalue weighted by Gasteiger charge is -2.17. The van der Waals surface area contributed by atoms with E-state index < -0.39 is 6.04 Å². The number of nitrogens with zero attached hydrogens (tertiary/aromatic N) is 3. The van der Waals surface area contributed by atoms with Crippen molar-refractivity contribution in [2.75, 3.05) is 6.61 Å². The van der Waals surface area contributed by atoms with Crippen LogP contribution < -0.4 is 10.1 Å². The summed E-state index contributed by atoms with van der Waals surface area (Å²) < 4.78 is 7.65. The number of hydrogen-bond acceptors (Lipinski definition) is 6. The van der Waals surface area contributed by atoms with Crippen molar-refractivity contribution in [3.8, 4) is 5.75 Å². The fourth-order valence-electron chi connectivity index (χ4n) is 3.30. The summed E-state index contributed by atoms with van der Waals surface area (Å²) in [6, 6.07) is 12.5. The first kappa shape index (κ1) is 20.1. The van der Waals surface area contributed by atoms with Crippen molar-refractivity contribution in [3.63, 3.8) is 0 Å². The minimum atomic E-state index is -0.503. The molecule has 0 fully saturated rings. The molecule has 30 heavy (non-hydrogen) atoms. The monoisotopic (exact) mass is 422 g/mol. The number of thiazole rings is 1. The van der Waals surface area contributed by atoms with E-state index in [2.05, 4.69) is 15.3 Å². The van der Waals surface area contributed by atoms with Crippen LogP contribution in [-0.4, -0.2) is 32.0 Å². The molecular weight excluding hydrogens is 400 g/mol. The molecule has 0 aliphatic heterocycles. The van der Waals surface area contributed by atoms with Crippen LogP contribution >= 0.6 is 11.3 Å². The second-order valence-electron chi connectivity index (χ2n) is 6.88. The maximum Gasteiger partial charge on any atom is 0.270 e. The number of carbonyl (C=O) groups is 1. The first-order chi connectivity index (χ1) is 14.6. The highest BCUT2D eigenvalue weighted by molar-refractivity contribution is 7.11. The zero-order chi connectivity index (χ0) is 21.1. The van der Waals surface area contributed by atoms with E-state index in [1.807, 2.05) is 55.6 Å². The lowest BCUT2D eigenvalue weighted by molar-refractivity contribution is 0.0909. The predicted octanol–water partition coefficient (Wildman–Crippen LogP) is 3.45. The van der Waals surface area contributed by atoms with Crippen LogP contribution in [0, 0.1) is 13.8 Å². The molecule has 0 saturated carbocycles. The molecule has 8 heteroatoms. The average molecular weight is 423 g/mol. The van der Waals surface area contributed by atoms with Crippen molar-refractivity contribution in [1.82, 2.24) is 19.7 Å². The van der Waals surface area contributed by atoms with E-state index in [1.165, 1.54) is 0 Å². The van der Waals surface area contributed by atoms with Gasteiger partial charge in [0, 0.05) is 17.3 Å². The van der Waals surface area contributed by atoms with Gasteiger partial charge in [-0.2, -0.15) is 0 Å². The maximum absolute atomic E-state index is 13.0. The zero-order valence-electron chi connectivity index (χ0n) is 16.7. The average Bonchev–Trinajstić information content (AvgIpc) is 3.33. The molecule has 7 nitrogen and oxygen atoms in total. The summed E-state index contributed by atoms with van der Waals surface area (Å²) in [5.41, 5.74) is 2.39. The minimum Gasteiger partial charge on any atom is -0.483 e. The summed E-state index contributed by atoms with van der Waals surface area (Å²) in [5, 5.41) is 13.5. The summed E-state index contributed by atoms with van der Waals surface area (Å²) >= 11 is 1.58. The van der Waals surface area contributed by atoms with Crippen molar-refractivity contribution in [2.45, 2.75) is 26.5 Å². The number of hydrogen-bond donors (Lipinski definition) is 2. The van der Waals surface area contributed by atoms with Gasteiger partial charge in [-0.25, -0.2) is 9.97 Å². The van der Waals surface area contributed by atoms with Crippen LogP contribution in [-0.2, 0) is 6.61 Å². The number of rotatable bonds is 7. The normalized spacial score (nSPS) is 12.1. The highest BCUT2D eigenvalue weighted by Crippen LogP contribution is 2.24. The Bertz CT molecular complexity index is 1170. The predicted molar refractivity (Wildman–Crippen MR) is 115 cm³/mol. The number of ether oxygens (including phenoxy) is 1. The van der Waals surface area contributed by atoms with Gasteiger partial charge in [-0.1, -0.05) is 30.3 Å². The van der Waals surface area contributed by atoms with Gasteiger partial charge in [-0.3, -0.25) is 9.20 Å². The lowest BCUT2D eigenvalue weighted by Crippen LogP contribution is -2.32. The number of carbonyl (C=O) groups excluding carboxylic acids is 1. The molecule has 154 valence electrons. The topological polar surface area (TPSA) is 88.8 Å². The Morgan fingerprint density at radius 3 is 2.73 bits per heavy atom. The van der Waals surface area contributed by atoms with E-state index in [0.717, 1.165) is 15.4 Å². The molecular formula is C22H22N4O3S. The third kappa shape index (κ3) is 4.05. The molecule has 3 aromatic heterocycles. The van der Waals surface area contributed by atoms with E-state index in [4.69, 9.17) is 4.74 Å². The van der Waals surface area contributed by atoms with E-state index in [9.17, 15) is 9.90 Å². The number of nitrogens with one attached hydrogen (secondary N) is 1. The van der Waals surface area contributed by atoms with E-state index in [1.54, 1.807) is 28.9 Å². The second-order valence-corrected chi connectivity index (χ2v) is 8.20. The molecule has 0 saturated heterocycles. The van der Waals surface area contributed by atoms with Crippen LogP contribution in [0.5, 0.6) is 5.75 Å². The van der Waals surface area contributed by atoms with Gasteiger partial charge in [0.1, 0.15) is 17.3 Å². The van der Waals surface area contributed by atoms with Gasteiger partial charge < -0.3 is 15.2 Å². The summed E-state index contributed by atoms with van der Waals surface area (Å²) in [5.74, 6) is 0.268. The van der Waals surface area contributed by atoms with Crippen LogP contribution in [0.1, 0.15) is 37.7 Å². The highest BCUT2D eigenvalue weighted by atomic mass is 32.1. The van der Waals surface area contributed by atoms with Crippen molar-refractivity contribution in [3.05, 3.63) is 81.7 Å². The molecule has 4 aromatic rings. The number of imidazole rings is 1. The number of aromatic nitrogens is 3. The lowest BCUT2D eigenvalue weighted by atomic mass is 10.1. The van der Waals surface area contributed by atoms with Crippen molar-refractivity contribution in [1.29, 1.82) is 0 Å². The maximum atomic E-state index is 13.0. The largest absolute Gasteiger partial charge is 0.483 e. The smallest absolute Gasteiger partial charge is 0.270 e. The molecule has 1 atom stereocenters. The quantitative estimate of drug-likeness (QED) is 0.476. The number of fused-ring (bicyclic) bond motifs is 1. The second kappa shape index (κ2) is 8.64. The number of aliphatic hydroxyl groups is 1. The minimum absolute atomic E-state index is 0.201. The number of aliphatic hydroxyl groups excluding tert-OH is 1. The summed E-state index contributed by atoms with van der Waals surface area (Å²) in [6.45, 7) is 3.92. The Labute approximate surface area is 178 Å².